The molecule has 1 atom stereocenters. The lowest BCUT2D eigenvalue weighted by Crippen LogP contribution is -2.52. The molecule has 0 saturated carbocycles. The second-order valence-corrected chi connectivity index (χ2v) is 6.88. The number of nitrogens with zero attached hydrogens (tertiary/aromatic N) is 1. The van der Waals surface area contributed by atoms with Gasteiger partial charge in [-0.3, -0.25) is 9.59 Å². The topological polar surface area (TPSA) is 49.4 Å². The molecule has 1 heterocycles. The van der Waals surface area contributed by atoms with Gasteiger partial charge < -0.3 is 10.2 Å². The first kappa shape index (κ1) is 18.5. The number of benzene rings is 2. The molecule has 5 heteroatoms. The van der Waals surface area contributed by atoms with E-state index in [0.717, 1.165) is 12.0 Å². The molecule has 1 N–H and O–H groups in total. The molecule has 1 unspecified atom stereocenters. The molecule has 136 valence electrons. The van der Waals surface area contributed by atoms with E-state index in [-0.39, 0.29) is 11.8 Å². The van der Waals surface area contributed by atoms with E-state index >= 15 is 0 Å². The summed E-state index contributed by atoms with van der Waals surface area (Å²) in [6, 6.07) is 14.9. The van der Waals surface area contributed by atoms with Crippen molar-refractivity contribution in [2.75, 3.05) is 13.1 Å². The second-order valence-electron chi connectivity index (χ2n) is 6.47. The highest BCUT2D eigenvalue weighted by Gasteiger charge is 2.35. The van der Waals surface area contributed by atoms with E-state index in [9.17, 15) is 9.59 Å². The second kappa shape index (κ2) is 8.37. The Kier molecular flexibility index (Phi) is 5.94. The first-order valence-electron chi connectivity index (χ1n) is 8.99. The quantitative estimate of drug-likeness (QED) is 0.875. The predicted molar refractivity (Wildman–Crippen MR) is 103 cm³/mol. The summed E-state index contributed by atoms with van der Waals surface area (Å²) < 4.78 is 0. The number of rotatable bonds is 5. The van der Waals surface area contributed by atoms with Gasteiger partial charge in [-0.1, -0.05) is 61.0 Å². The predicted octanol–water partition coefficient (Wildman–Crippen LogP) is 3.53. The van der Waals surface area contributed by atoms with Gasteiger partial charge >= 0.3 is 0 Å². The zero-order valence-electron chi connectivity index (χ0n) is 14.9. The molecular formula is C21H23ClN2O2. The Balaban J connectivity index is 1.73. The van der Waals surface area contributed by atoms with Crippen LogP contribution < -0.4 is 5.32 Å². The first-order valence-corrected chi connectivity index (χ1v) is 9.37. The molecule has 1 fully saturated rings. The van der Waals surface area contributed by atoms with E-state index in [1.165, 1.54) is 5.56 Å². The molecule has 0 bridgehead atoms. The van der Waals surface area contributed by atoms with E-state index in [0.29, 0.717) is 36.5 Å². The zero-order valence-corrected chi connectivity index (χ0v) is 15.6. The Hall–Kier alpha value is -2.33. The van der Waals surface area contributed by atoms with E-state index in [1.54, 1.807) is 11.0 Å². The van der Waals surface area contributed by atoms with Crippen LogP contribution in [0.3, 0.4) is 0 Å². The highest BCUT2D eigenvalue weighted by molar-refractivity contribution is 6.31. The molecule has 2 aromatic carbocycles. The maximum atomic E-state index is 12.8. The lowest BCUT2D eigenvalue weighted by Gasteiger charge is -2.35. The van der Waals surface area contributed by atoms with Gasteiger partial charge in [-0.05, 0) is 30.0 Å². The van der Waals surface area contributed by atoms with Crippen LogP contribution in [0.4, 0.5) is 0 Å². The molecule has 0 spiro atoms. The van der Waals surface area contributed by atoms with Crippen molar-refractivity contribution in [2.24, 2.45) is 0 Å². The summed E-state index contributed by atoms with van der Waals surface area (Å²) in [5.74, 6) is -0.200. The van der Waals surface area contributed by atoms with Crippen molar-refractivity contribution in [1.29, 1.82) is 0 Å². The molecule has 2 aromatic rings. The molecule has 0 aliphatic carbocycles. The van der Waals surface area contributed by atoms with E-state index < -0.39 is 6.04 Å². The highest BCUT2D eigenvalue weighted by Crippen LogP contribution is 2.29. The fourth-order valence-corrected chi connectivity index (χ4v) is 3.52. The van der Waals surface area contributed by atoms with E-state index in [4.69, 9.17) is 11.6 Å². The lowest BCUT2D eigenvalue weighted by molar-refractivity contribution is -0.143. The minimum absolute atomic E-state index is 0.0238. The van der Waals surface area contributed by atoms with Gasteiger partial charge in [0.2, 0.25) is 11.8 Å². The van der Waals surface area contributed by atoms with Crippen LogP contribution in [0.25, 0.3) is 0 Å². The largest absolute Gasteiger partial charge is 0.352 e. The Bertz CT molecular complexity index is 789. The molecule has 1 saturated heterocycles. The maximum Gasteiger partial charge on any atom is 0.247 e. The van der Waals surface area contributed by atoms with Crippen LogP contribution in [0.1, 0.15) is 36.1 Å². The molecule has 1 aliphatic rings. The van der Waals surface area contributed by atoms with Crippen molar-refractivity contribution in [1.82, 2.24) is 10.2 Å². The molecule has 1 aliphatic heterocycles. The summed E-state index contributed by atoms with van der Waals surface area (Å²) in [7, 11) is 0. The van der Waals surface area contributed by atoms with Crippen molar-refractivity contribution < 1.29 is 9.59 Å². The van der Waals surface area contributed by atoms with Gasteiger partial charge in [-0.25, -0.2) is 0 Å². The van der Waals surface area contributed by atoms with Crippen LogP contribution in [-0.2, 0) is 22.4 Å². The number of aryl methyl sites for hydroxylation is 2. The Morgan fingerprint density at radius 3 is 2.54 bits per heavy atom. The highest BCUT2D eigenvalue weighted by atomic mass is 35.5. The molecule has 0 aromatic heterocycles. The summed E-state index contributed by atoms with van der Waals surface area (Å²) >= 11 is 6.28. The number of carbonyl (C=O) groups is 2. The van der Waals surface area contributed by atoms with Crippen molar-refractivity contribution in [3.05, 3.63) is 70.2 Å². The molecular weight excluding hydrogens is 348 g/mol. The van der Waals surface area contributed by atoms with Gasteiger partial charge in [0.25, 0.3) is 0 Å². The summed E-state index contributed by atoms with van der Waals surface area (Å²) in [5, 5.41) is 3.34. The number of amides is 2. The van der Waals surface area contributed by atoms with Crippen LogP contribution >= 0.6 is 11.6 Å². The zero-order chi connectivity index (χ0) is 18.5. The van der Waals surface area contributed by atoms with Crippen molar-refractivity contribution in [3.63, 3.8) is 0 Å². The Labute approximate surface area is 159 Å². The van der Waals surface area contributed by atoms with Crippen molar-refractivity contribution in [2.45, 2.75) is 32.2 Å². The van der Waals surface area contributed by atoms with Crippen molar-refractivity contribution >= 4 is 23.4 Å². The van der Waals surface area contributed by atoms with Gasteiger partial charge in [0.1, 0.15) is 6.04 Å². The van der Waals surface area contributed by atoms with Gasteiger partial charge in [0.05, 0.1) is 0 Å². The standard InChI is InChI=1S/C21H23ClN2O2/c1-2-15-7-9-16(10-8-15)11-12-19(25)24-14-13-23-21(26)20(24)17-5-3-4-6-18(17)22/h3-10,20H,2,11-14H2,1H3,(H,23,26). The molecule has 26 heavy (non-hydrogen) atoms. The number of halogens is 1. The minimum atomic E-state index is -0.660. The summed E-state index contributed by atoms with van der Waals surface area (Å²) in [5.41, 5.74) is 3.09. The molecule has 3 rings (SSSR count). The molecule has 0 radical (unpaired) electrons. The third-order valence-corrected chi connectivity index (χ3v) is 5.14. The Morgan fingerprint density at radius 1 is 1.15 bits per heavy atom. The Morgan fingerprint density at radius 2 is 1.85 bits per heavy atom. The smallest absolute Gasteiger partial charge is 0.247 e. The molecule has 2 amide bonds. The summed E-state index contributed by atoms with van der Waals surface area (Å²) in [4.78, 5) is 26.9. The number of piperazine rings is 1. The normalized spacial score (nSPS) is 17.1. The average Bonchev–Trinajstić information content (AvgIpc) is 2.67. The number of nitrogens with one attached hydrogen (secondary N) is 1. The minimum Gasteiger partial charge on any atom is -0.352 e. The molecule has 4 nitrogen and oxygen atoms in total. The number of hydrogen-bond donors (Lipinski definition) is 1. The monoisotopic (exact) mass is 370 g/mol. The summed E-state index contributed by atoms with van der Waals surface area (Å²) in [6.45, 7) is 3.08. The third-order valence-electron chi connectivity index (χ3n) is 4.79. The SMILES string of the molecule is CCc1ccc(CCC(=O)N2CCNC(=O)C2c2ccccc2Cl)cc1. The van der Waals surface area contributed by atoms with Crippen molar-refractivity contribution in [3.8, 4) is 0 Å². The van der Waals surface area contributed by atoms with Crippen LogP contribution in [0.5, 0.6) is 0 Å². The fourth-order valence-electron chi connectivity index (χ4n) is 3.28. The van der Waals surface area contributed by atoms with E-state index in [1.807, 2.05) is 18.2 Å². The van der Waals surface area contributed by atoms with Crippen LogP contribution in [0.15, 0.2) is 48.5 Å². The van der Waals surface area contributed by atoms with E-state index in [2.05, 4.69) is 36.5 Å². The first-order chi connectivity index (χ1) is 12.6. The number of carbonyl (C=O) groups excluding carboxylic acids is 2. The van der Waals surface area contributed by atoms with Crippen LogP contribution in [0.2, 0.25) is 5.02 Å². The van der Waals surface area contributed by atoms with Gasteiger partial charge in [-0.15, -0.1) is 0 Å². The lowest BCUT2D eigenvalue weighted by atomic mass is 10.0. The number of hydrogen-bond acceptors (Lipinski definition) is 2. The average molecular weight is 371 g/mol. The van der Waals surface area contributed by atoms with Gasteiger partial charge in [0.15, 0.2) is 0 Å². The van der Waals surface area contributed by atoms with Crippen LogP contribution in [0, 0.1) is 0 Å². The third kappa shape index (κ3) is 4.07. The maximum absolute atomic E-state index is 12.8. The van der Waals surface area contributed by atoms with Gasteiger partial charge in [0, 0.05) is 30.1 Å². The summed E-state index contributed by atoms with van der Waals surface area (Å²) in [6.07, 6.45) is 2.04. The van der Waals surface area contributed by atoms with Crippen LogP contribution in [-0.4, -0.2) is 29.8 Å². The van der Waals surface area contributed by atoms with Gasteiger partial charge in [-0.2, -0.15) is 0 Å². The fraction of sp³-hybridized carbons (Fsp3) is 0.333.